The maximum absolute atomic E-state index is 11.6. The van der Waals surface area contributed by atoms with Gasteiger partial charge < -0.3 is 0 Å². The lowest BCUT2D eigenvalue weighted by atomic mass is 10.1. The second-order valence-electron chi connectivity index (χ2n) is 2.68. The number of halogens is 1. The molecule has 0 aliphatic heterocycles. The van der Waals surface area contributed by atoms with Crippen molar-refractivity contribution in [1.82, 2.24) is 5.54 Å². The first-order chi connectivity index (χ1) is 5.72. The van der Waals surface area contributed by atoms with Crippen molar-refractivity contribution in [2.75, 3.05) is 0 Å². The number of carbonyl (C=O) groups is 1. The zero-order valence-electron chi connectivity index (χ0n) is 6.80. The zero-order chi connectivity index (χ0) is 8.97. The van der Waals surface area contributed by atoms with Crippen molar-refractivity contribution in [3.05, 3.63) is 35.4 Å². The first kappa shape index (κ1) is 8.71. The third-order valence-electron chi connectivity index (χ3n) is 1.59. The van der Waals surface area contributed by atoms with Crippen molar-refractivity contribution in [2.45, 2.75) is 13.3 Å². The van der Waals surface area contributed by atoms with Crippen molar-refractivity contribution in [2.24, 2.45) is 0 Å². The van der Waals surface area contributed by atoms with Crippen molar-refractivity contribution in [3.63, 3.8) is 0 Å². The fourth-order valence-corrected chi connectivity index (χ4v) is 0.925. The molecule has 0 aliphatic rings. The van der Waals surface area contributed by atoms with Crippen molar-refractivity contribution in [3.8, 4) is 0 Å². The van der Waals surface area contributed by atoms with Crippen LogP contribution in [0, 0.1) is 6.92 Å². The van der Waals surface area contributed by atoms with Gasteiger partial charge in [0.1, 0.15) is 0 Å². The van der Waals surface area contributed by atoms with E-state index < -0.39 is 5.91 Å². The van der Waals surface area contributed by atoms with E-state index in [1.807, 2.05) is 31.2 Å². The summed E-state index contributed by atoms with van der Waals surface area (Å²) in [7, 11) is 0. The second kappa shape index (κ2) is 3.85. The predicted octanol–water partition coefficient (Wildman–Crippen LogP) is 1.54. The second-order valence-corrected chi connectivity index (χ2v) is 2.68. The summed E-state index contributed by atoms with van der Waals surface area (Å²) in [5, 5.41) is 0. The molecule has 0 unspecified atom stereocenters. The number of benzene rings is 1. The summed E-state index contributed by atoms with van der Waals surface area (Å²) in [6.45, 7) is 1.96. The minimum atomic E-state index is -0.612. The van der Waals surface area contributed by atoms with E-state index in [9.17, 15) is 9.28 Å². The molecule has 0 aromatic heterocycles. The number of carbonyl (C=O) groups excluding carboxylic acids is 1. The van der Waals surface area contributed by atoms with Gasteiger partial charge in [0.05, 0.1) is 6.42 Å². The van der Waals surface area contributed by atoms with Gasteiger partial charge in [-0.3, -0.25) is 4.79 Å². The van der Waals surface area contributed by atoms with Crippen LogP contribution in [-0.2, 0) is 11.2 Å². The largest absolute Gasteiger partial charge is 0.272 e. The summed E-state index contributed by atoms with van der Waals surface area (Å²) >= 11 is 0. The van der Waals surface area contributed by atoms with Gasteiger partial charge in [0.15, 0.2) is 0 Å². The standard InChI is InChI=1S/C9H10FNO/c1-7-2-4-8(5-3-7)6-9(12)11-10/h2-5H,6H2,1H3,(H,11,12). The smallest absolute Gasteiger partial charge is 0.252 e. The third kappa shape index (κ3) is 2.34. The Hall–Kier alpha value is -1.38. The van der Waals surface area contributed by atoms with Crippen LogP contribution in [0.25, 0.3) is 0 Å². The molecule has 1 rings (SSSR count). The lowest BCUT2D eigenvalue weighted by Gasteiger charge is -1.98. The number of aryl methyl sites for hydroxylation is 1. The molecule has 0 fully saturated rings. The van der Waals surface area contributed by atoms with E-state index in [4.69, 9.17) is 0 Å². The van der Waals surface area contributed by atoms with Crippen LogP contribution < -0.4 is 5.54 Å². The van der Waals surface area contributed by atoms with Crippen LogP contribution >= 0.6 is 0 Å². The van der Waals surface area contributed by atoms with E-state index in [2.05, 4.69) is 0 Å². The van der Waals surface area contributed by atoms with E-state index in [0.29, 0.717) is 0 Å². The van der Waals surface area contributed by atoms with Gasteiger partial charge in [-0.05, 0) is 12.5 Å². The lowest BCUT2D eigenvalue weighted by molar-refractivity contribution is -0.124. The van der Waals surface area contributed by atoms with Crippen LogP contribution in [-0.4, -0.2) is 5.91 Å². The number of nitrogens with one attached hydrogen (secondary N) is 1. The maximum atomic E-state index is 11.6. The van der Waals surface area contributed by atoms with Gasteiger partial charge >= 0.3 is 0 Å². The Bertz CT molecular complexity index is 268. The quantitative estimate of drug-likeness (QED) is 0.665. The van der Waals surface area contributed by atoms with Gasteiger partial charge in [0.25, 0.3) is 5.91 Å². The molecule has 64 valence electrons. The summed E-state index contributed by atoms with van der Waals surface area (Å²) in [4.78, 5) is 10.6. The van der Waals surface area contributed by atoms with E-state index >= 15 is 0 Å². The van der Waals surface area contributed by atoms with Gasteiger partial charge in [-0.2, -0.15) is 5.54 Å². The fraction of sp³-hybridized carbons (Fsp3) is 0.222. The average Bonchev–Trinajstić information content (AvgIpc) is 2.09. The topological polar surface area (TPSA) is 29.1 Å². The van der Waals surface area contributed by atoms with Crippen LogP contribution in [0.3, 0.4) is 0 Å². The molecule has 0 aliphatic carbocycles. The van der Waals surface area contributed by atoms with Crippen molar-refractivity contribution < 1.29 is 9.28 Å². The van der Waals surface area contributed by atoms with E-state index in [1.54, 1.807) is 0 Å². The lowest BCUT2D eigenvalue weighted by Crippen LogP contribution is -2.15. The summed E-state index contributed by atoms with van der Waals surface area (Å²) in [5.74, 6) is -0.612. The Balaban J connectivity index is 2.64. The molecule has 0 radical (unpaired) electrons. The molecule has 1 amide bonds. The van der Waals surface area contributed by atoms with Gasteiger partial charge in [-0.15, -0.1) is 4.48 Å². The normalized spacial score (nSPS) is 9.50. The average molecular weight is 167 g/mol. The molecule has 1 aromatic rings. The molecule has 0 bridgehead atoms. The number of hydrogen-bond acceptors (Lipinski definition) is 1. The minimum absolute atomic E-state index is 0.0940. The molecular formula is C9H10FNO. The van der Waals surface area contributed by atoms with Gasteiger partial charge in [-0.25, -0.2) is 0 Å². The van der Waals surface area contributed by atoms with Crippen LogP contribution in [0.1, 0.15) is 11.1 Å². The molecule has 0 saturated carbocycles. The highest BCUT2D eigenvalue weighted by Crippen LogP contribution is 2.03. The monoisotopic (exact) mass is 167 g/mol. The predicted molar refractivity (Wildman–Crippen MR) is 44.1 cm³/mol. The molecule has 1 N–H and O–H groups in total. The number of rotatable bonds is 2. The van der Waals surface area contributed by atoms with Gasteiger partial charge in [0.2, 0.25) is 0 Å². The van der Waals surface area contributed by atoms with Gasteiger partial charge in [0, 0.05) is 0 Å². The Morgan fingerprint density at radius 1 is 1.42 bits per heavy atom. The summed E-state index contributed by atoms with van der Waals surface area (Å²) in [6.07, 6.45) is 0.0940. The highest BCUT2D eigenvalue weighted by Gasteiger charge is 2.00. The minimum Gasteiger partial charge on any atom is -0.272 e. The summed E-state index contributed by atoms with van der Waals surface area (Å²) in [5.41, 5.74) is 3.03. The molecule has 3 heteroatoms. The summed E-state index contributed by atoms with van der Waals surface area (Å²) < 4.78 is 11.6. The molecule has 0 saturated heterocycles. The van der Waals surface area contributed by atoms with E-state index in [0.717, 1.165) is 16.7 Å². The molecule has 12 heavy (non-hydrogen) atoms. The van der Waals surface area contributed by atoms with Crippen molar-refractivity contribution in [1.29, 1.82) is 0 Å². The Morgan fingerprint density at radius 2 is 2.00 bits per heavy atom. The number of amides is 1. The molecular weight excluding hydrogens is 157 g/mol. The first-order valence-corrected chi connectivity index (χ1v) is 3.67. The summed E-state index contributed by atoms with van der Waals surface area (Å²) in [6, 6.07) is 7.40. The molecule has 2 nitrogen and oxygen atoms in total. The highest BCUT2D eigenvalue weighted by molar-refractivity contribution is 5.77. The zero-order valence-corrected chi connectivity index (χ0v) is 6.80. The Morgan fingerprint density at radius 3 is 2.50 bits per heavy atom. The third-order valence-corrected chi connectivity index (χ3v) is 1.59. The molecule has 0 spiro atoms. The highest BCUT2D eigenvalue weighted by atomic mass is 19.2. The fourth-order valence-electron chi connectivity index (χ4n) is 0.925. The van der Waals surface area contributed by atoms with Crippen LogP contribution in [0.2, 0.25) is 0 Å². The maximum Gasteiger partial charge on any atom is 0.252 e. The van der Waals surface area contributed by atoms with E-state index in [-0.39, 0.29) is 6.42 Å². The van der Waals surface area contributed by atoms with Gasteiger partial charge in [-0.1, -0.05) is 29.8 Å². The molecule has 1 aromatic carbocycles. The number of hydrogen-bond donors (Lipinski definition) is 1. The molecule has 0 atom stereocenters. The van der Waals surface area contributed by atoms with Crippen LogP contribution in [0.5, 0.6) is 0 Å². The first-order valence-electron chi connectivity index (χ1n) is 3.67. The van der Waals surface area contributed by atoms with Crippen molar-refractivity contribution >= 4 is 5.91 Å². The van der Waals surface area contributed by atoms with Crippen LogP contribution in [0.4, 0.5) is 4.48 Å². The SMILES string of the molecule is Cc1ccc(CC(=O)NF)cc1. The molecule has 0 heterocycles. The van der Waals surface area contributed by atoms with Crippen LogP contribution in [0.15, 0.2) is 24.3 Å². The van der Waals surface area contributed by atoms with E-state index in [1.165, 1.54) is 0 Å². The Kier molecular flexibility index (Phi) is 2.80. The Labute approximate surface area is 70.3 Å².